The fourth-order valence-electron chi connectivity index (χ4n) is 5.72. The van der Waals surface area contributed by atoms with Gasteiger partial charge in [-0.3, -0.25) is 9.59 Å². The number of benzene rings is 2. The number of methoxy groups -OCH3 is 2. The Hall–Kier alpha value is -4.71. The van der Waals surface area contributed by atoms with Gasteiger partial charge in [0.1, 0.15) is 11.5 Å². The number of hydrogen-bond donors (Lipinski definition) is 2. The molecule has 43 heavy (non-hydrogen) atoms. The van der Waals surface area contributed by atoms with E-state index in [4.69, 9.17) is 14.2 Å². The zero-order valence-corrected chi connectivity index (χ0v) is 23.8. The van der Waals surface area contributed by atoms with Gasteiger partial charge in [0.2, 0.25) is 11.8 Å². The van der Waals surface area contributed by atoms with Crippen molar-refractivity contribution < 1.29 is 32.6 Å². The van der Waals surface area contributed by atoms with E-state index in [-0.39, 0.29) is 24.0 Å². The Kier molecular flexibility index (Phi) is 7.38. The number of hydrogen-bond acceptors (Lipinski definition) is 8. The normalized spacial score (nSPS) is 16.9. The van der Waals surface area contributed by atoms with Crippen LogP contribution in [0.2, 0.25) is 0 Å². The third-order valence-corrected chi connectivity index (χ3v) is 8.14. The van der Waals surface area contributed by atoms with E-state index in [1.54, 1.807) is 12.3 Å². The van der Waals surface area contributed by atoms with Crippen LogP contribution in [0.3, 0.4) is 0 Å². The van der Waals surface area contributed by atoms with Gasteiger partial charge in [-0.2, -0.15) is 0 Å². The van der Waals surface area contributed by atoms with Crippen LogP contribution in [-0.2, 0) is 26.3 Å². The number of morpholine rings is 1. The van der Waals surface area contributed by atoms with Gasteiger partial charge >= 0.3 is 0 Å². The van der Waals surface area contributed by atoms with Crippen LogP contribution < -0.4 is 29.9 Å². The smallest absolute Gasteiger partial charge is 0.247 e. The zero-order valence-electron chi connectivity index (χ0n) is 23.8. The molecule has 10 nitrogen and oxygen atoms in total. The lowest BCUT2D eigenvalue weighted by atomic mass is 9.86. The molecule has 2 aromatic carbocycles. The van der Waals surface area contributed by atoms with Crippen LogP contribution >= 0.6 is 0 Å². The lowest BCUT2D eigenvalue weighted by Crippen LogP contribution is -2.45. The van der Waals surface area contributed by atoms with Crippen molar-refractivity contribution in [1.29, 1.82) is 0 Å². The Labute approximate surface area is 247 Å². The highest BCUT2D eigenvalue weighted by Crippen LogP contribution is 2.55. The van der Waals surface area contributed by atoms with Crippen LogP contribution in [0, 0.1) is 11.6 Å². The molecule has 0 radical (unpaired) electrons. The number of fused-ring (bicyclic) bond motifs is 2. The summed E-state index contributed by atoms with van der Waals surface area (Å²) >= 11 is 0. The maximum Gasteiger partial charge on any atom is 0.247 e. The Morgan fingerprint density at radius 1 is 1.07 bits per heavy atom. The summed E-state index contributed by atoms with van der Waals surface area (Å²) in [5.74, 6) is -2.72. The number of carbonyl (C=O) groups excluding carboxylic acids is 2. The second kappa shape index (κ2) is 11.2. The average Bonchev–Trinajstić information content (AvgIpc) is 3.83. The molecule has 3 aliphatic rings. The third-order valence-electron chi connectivity index (χ3n) is 8.14. The summed E-state index contributed by atoms with van der Waals surface area (Å²) in [4.78, 5) is 33.9. The molecule has 2 aliphatic heterocycles. The molecule has 3 heterocycles. The van der Waals surface area contributed by atoms with Crippen molar-refractivity contribution in [3.63, 3.8) is 0 Å². The predicted octanol–water partition coefficient (Wildman–Crippen LogP) is 4.66. The molecule has 12 heteroatoms. The number of halogens is 2. The highest BCUT2D eigenvalue weighted by atomic mass is 19.1. The molecule has 6 rings (SSSR count). The maximum absolute atomic E-state index is 15.4. The van der Waals surface area contributed by atoms with Crippen molar-refractivity contribution in [2.45, 2.75) is 24.8 Å². The number of aromatic nitrogens is 1. The van der Waals surface area contributed by atoms with Crippen LogP contribution in [0.15, 0.2) is 49.2 Å². The topological polar surface area (TPSA) is 105 Å². The monoisotopic (exact) mass is 591 g/mol. The quantitative estimate of drug-likeness (QED) is 0.365. The molecule has 0 bridgehead atoms. The van der Waals surface area contributed by atoms with Crippen molar-refractivity contribution in [1.82, 2.24) is 4.98 Å². The maximum atomic E-state index is 15.4. The fourth-order valence-corrected chi connectivity index (χ4v) is 5.72. The molecule has 2 amide bonds. The Balaban J connectivity index is 1.36. The first kappa shape index (κ1) is 28.4. The molecule has 1 spiro atoms. The van der Waals surface area contributed by atoms with Crippen molar-refractivity contribution in [2.24, 2.45) is 0 Å². The number of nitrogens with one attached hydrogen (secondary N) is 2. The number of rotatable bonds is 8. The molecule has 0 atom stereocenters. The first-order valence-electron chi connectivity index (χ1n) is 13.9. The second-order valence-corrected chi connectivity index (χ2v) is 10.6. The lowest BCUT2D eigenvalue weighted by Gasteiger charge is -2.35. The van der Waals surface area contributed by atoms with E-state index >= 15 is 8.78 Å². The first-order chi connectivity index (χ1) is 20.8. The molecule has 1 aromatic heterocycles. The Morgan fingerprint density at radius 2 is 1.77 bits per heavy atom. The molecule has 1 saturated carbocycles. The van der Waals surface area contributed by atoms with Gasteiger partial charge in [0, 0.05) is 31.0 Å². The summed E-state index contributed by atoms with van der Waals surface area (Å²) in [5.41, 5.74) is 2.06. The van der Waals surface area contributed by atoms with Crippen LogP contribution in [0.1, 0.15) is 24.0 Å². The average molecular weight is 592 g/mol. The Bertz CT molecular complexity index is 1590. The summed E-state index contributed by atoms with van der Waals surface area (Å²) in [6.07, 6.45) is 3.85. The number of carbonyl (C=O) groups is 2. The number of anilines is 5. The van der Waals surface area contributed by atoms with Crippen LogP contribution in [-0.4, -0.2) is 57.3 Å². The third kappa shape index (κ3) is 5.01. The summed E-state index contributed by atoms with van der Waals surface area (Å²) in [5, 5.41) is 6.13. The van der Waals surface area contributed by atoms with E-state index in [9.17, 15) is 9.59 Å². The summed E-state index contributed by atoms with van der Waals surface area (Å²) in [6.45, 7) is 6.15. The van der Waals surface area contributed by atoms with Gasteiger partial charge in [-0.1, -0.05) is 6.58 Å². The van der Waals surface area contributed by atoms with E-state index in [1.165, 1.54) is 20.3 Å². The minimum atomic E-state index is -0.978. The van der Waals surface area contributed by atoms with Gasteiger partial charge in [-0.25, -0.2) is 13.8 Å². The van der Waals surface area contributed by atoms with E-state index in [2.05, 4.69) is 27.1 Å². The number of nitrogens with zero attached hydrogens (tertiary/aromatic N) is 3. The Morgan fingerprint density at radius 3 is 2.40 bits per heavy atom. The SMILES string of the molecule is C=CC(=O)Nc1ccc(N2CCOCC2)cc1Nc1cc2c(cn1)CN(c1c(F)c(OC)cc(OC)c1F)C(=O)C21CC1. The molecule has 3 aromatic rings. The number of amides is 2. The lowest BCUT2D eigenvalue weighted by molar-refractivity contribution is -0.121. The molecule has 0 unspecified atom stereocenters. The second-order valence-electron chi connectivity index (χ2n) is 10.6. The molecular formula is C31H31F2N5O5. The van der Waals surface area contributed by atoms with Crippen molar-refractivity contribution in [3.05, 3.63) is 71.9 Å². The first-order valence-corrected chi connectivity index (χ1v) is 13.9. The van der Waals surface area contributed by atoms with E-state index in [0.29, 0.717) is 48.8 Å². The van der Waals surface area contributed by atoms with E-state index in [1.807, 2.05) is 18.2 Å². The largest absolute Gasteiger partial charge is 0.493 e. The van der Waals surface area contributed by atoms with Gasteiger partial charge in [0.15, 0.2) is 23.1 Å². The minimum Gasteiger partial charge on any atom is -0.493 e. The summed E-state index contributed by atoms with van der Waals surface area (Å²) in [6, 6.07) is 8.57. The van der Waals surface area contributed by atoms with Crippen molar-refractivity contribution in [2.75, 3.05) is 61.0 Å². The van der Waals surface area contributed by atoms with Gasteiger partial charge < -0.3 is 34.6 Å². The zero-order chi connectivity index (χ0) is 30.3. The van der Waals surface area contributed by atoms with Gasteiger partial charge in [-0.05, 0) is 54.3 Å². The fraction of sp³-hybridized carbons (Fsp3) is 0.323. The van der Waals surface area contributed by atoms with Crippen molar-refractivity contribution in [3.8, 4) is 11.5 Å². The highest BCUT2D eigenvalue weighted by Gasteiger charge is 2.57. The summed E-state index contributed by atoms with van der Waals surface area (Å²) < 4.78 is 46.4. The van der Waals surface area contributed by atoms with Crippen LogP contribution in [0.25, 0.3) is 0 Å². The molecule has 224 valence electrons. The predicted molar refractivity (Wildman–Crippen MR) is 157 cm³/mol. The van der Waals surface area contributed by atoms with E-state index < -0.39 is 28.6 Å². The van der Waals surface area contributed by atoms with Crippen LogP contribution in [0.4, 0.5) is 37.3 Å². The molecule has 1 saturated heterocycles. The van der Waals surface area contributed by atoms with Gasteiger partial charge in [0.05, 0.1) is 50.8 Å². The summed E-state index contributed by atoms with van der Waals surface area (Å²) in [7, 11) is 2.52. The van der Waals surface area contributed by atoms with Gasteiger partial charge in [-0.15, -0.1) is 0 Å². The van der Waals surface area contributed by atoms with Gasteiger partial charge in [0.25, 0.3) is 0 Å². The molecular weight excluding hydrogens is 560 g/mol. The number of pyridine rings is 1. The van der Waals surface area contributed by atoms with E-state index in [0.717, 1.165) is 35.3 Å². The molecule has 2 N–H and O–H groups in total. The minimum absolute atomic E-state index is 0.0828. The molecule has 1 aliphatic carbocycles. The highest BCUT2D eigenvalue weighted by molar-refractivity contribution is 6.06. The standard InChI is InChI=1S/C31H31F2N5O5/c1-4-26(39)36-21-6-5-19(37-9-11-43-12-10-37)13-22(21)35-25-14-20-18(16-34-25)17-38(30(40)31(20)7-8-31)29-27(32)23(41-2)15-24(42-3)28(29)33/h4-6,13-16H,1,7-12,17H2,2-3H3,(H,34,35)(H,36,39). The van der Waals surface area contributed by atoms with Crippen LogP contribution in [0.5, 0.6) is 11.5 Å². The molecule has 2 fully saturated rings. The van der Waals surface area contributed by atoms with Crippen molar-refractivity contribution >= 4 is 40.4 Å². The number of ether oxygens (including phenoxy) is 3.